The van der Waals surface area contributed by atoms with Crippen LogP contribution in [0.3, 0.4) is 0 Å². The lowest BCUT2D eigenvalue weighted by molar-refractivity contribution is 0.0770. The Morgan fingerprint density at radius 1 is 1.37 bits per heavy atom. The molecule has 3 nitrogen and oxygen atoms in total. The number of halogens is 2. The number of hydrogen-bond acceptors (Lipinski definition) is 2. The van der Waals surface area contributed by atoms with Gasteiger partial charge in [-0.3, -0.25) is 4.79 Å². The van der Waals surface area contributed by atoms with E-state index in [1.54, 1.807) is 19.2 Å². The van der Waals surface area contributed by atoms with Gasteiger partial charge in [-0.1, -0.05) is 15.9 Å². The summed E-state index contributed by atoms with van der Waals surface area (Å²) in [4.78, 5) is 13.6. The molecule has 1 aromatic carbocycles. The standard InChI is InChI=1S/C14H13BrFNO2/c1-9-3-5-11(19-9)8-17(2)14(18)12-7-10(15)4-6-13(12)16/h3-7H,8H2,1-2H3. The van der Waals surface area contributed by atoms with Gasteiger partial charge in [-0.25, -0.2) is 4.39 Å². The summed E-state index contributed by atoms with van der Waals surface area (Å²) in [6.07, 6.45) is 0. The smallest absolute Gasteiger partial charge is 0.257 e. The van der Waals surface area contributed by atoms with Crippen LogP contribution in [0.25, 0.3) is 0 Å². The van der Waals surface area contributed by atoms with Crippen LogP contribution in [0.2, 0.25) is 0 Å². The quantitative estimate of drug-likeness (QED) is 0.860. The van der Waals surface area contributed by atoms with Crippen LogP contribution >= 0.6 is 15.9 Å². The zero-order valence-electron chi connectivity index (χ0n) is 10.6. The van der Waals surface area contributed by atoms with Crippen molar-refractivity contribution in [2.24, 2.45) is 0 Å². The molecular weight excluding hydrogens is 313 g/mol. The van der Waals surface area contributed by atoms with Crippen LogP contribution in [0.4, 0.5) is 4.39 Å². The maximum Gasteiger partial charge on any atom is 0.257 e. The number of nitrogens with zero attached hydrogens (tertiary/aromatic N) is 1. The minimum atomic E-state index is -0.532. The van der Waals surface area contributed by atoms with E-state index in [0.717, 1.165) is 5.76 Å². The Morgan fingerprint density at radius 3 is 2.74 bits per heavy atom. The van der Waals surface area contributed by atoms with Gasteiger partial charge in [-0.15, -0.1) is 0 Å². The number of carbonyl (C=O) groups excluding carboxylic acids is 1. The van der Waals surface area contributed by atoms with Gasteiger partial charge in [0.1, 0.15) is 17.3 Å². The van der Waals surface area contributed by atoms with Gasteiger partial charge in [-0.2, -0.15) is 0 Å². The molecule has 0 saturated carbocycles. The van der Waals surface area contributed by atoms with Crippen molar-refractivity contribution in [2.75, 3.05) is 7.05 Å². The first-order valence-electron chi connectivity index (χ1n) is 5.73. The molecule has 2 aromatic rings. The van der Waals surface area contributed by atoms with Gasteiger partial charge in [0.05, 0.1) is 12.1 Å². The molecule has 19 heavy (non-hydrogen) atoms. The molecule has 1 aromatic heterocycles. The van der Waals surface area contributed by atoms with E-state index in [1.807, 2.05) is 13.0 Å². The highest BCUT2D eigenvalue weighted by molar-refractivity contribution is 9.10. The monoisotopic (exact) mass is 325 g/mol. The summed E-state index contributed by atoms with van der Waals surface area (Å²) in [5, 5.41) is 0. The molecule has 0 aliphatic carbocycles. The molecule has 0 bridgehead atoms. The van der Waals surface area contributed by atoms with Crippen molar-refractivity contribution in [3.63, 3.8) is 0 Å². The molecule has 100 valence electrons. The molecule has 0 N–H and O–H groups in total. The Balaban J connectivity index is 2.16. The molecule has 1 heterocycles. The van der Waals surface area contributed by atoms with Gasteiger partial charge in [0.25, 0.3) is 5.91 Å². The fourth-order valence-corrected chi connectivity index (χ4v) is 2.10. The second-order valence-corrected chi connectivity index (χ2v) is 5.21. The largest absolute Gasteiger partial charge is 0.464 e. The zero-order chi connectivity index (χ0) is 14.0. The topological polar surface area (TPSA) is 33.5 Å². The SMILES string of the molecule is Cc1ccc(CN(C)C(=O)c2cc(Br)ccc2F)o1. The molecule has 2 rings (SSSR count). The van der Waals surface area contributed by atoms with Gasteiger partial charge in [-0.05, 0) is 37.3 Å². The number of aryl methyl sites for hydroxylation is 1. The third kappa shape index (κ3) is 3.23. The normalized spacial score (nSPS) is 10.5. The predicted molar refractivity (Wildman–Crippen MR) is 73.3 cm³/mol. The van der Waals surface area contributed by atoms with E-state index in [2.05, 4.69) is 15.9 Å². The fourth-order valence-electron chi connectivity index (χ4n) is 1.74. The Bertz CT molecular complexity index is 609. The number of carbonyl (C=O) groups is 1. The molecule has 0 saturated heterocycles. The minimum Gasteiger partial charge on any atom is -0.464 e. The zero-order valence-corrected chi connectivity index (χ0v) is 12.2. The average Bonchev–Trinajstić information content (AvgIpc) is 2.77. The van der Waals surface area contributed by atoms with Crippen LogP contribution in [-0.2, 0) is 6.54 Å². The van der Waals surface area contributed by atoms with Crippen LogP contribution in [0.5, 0.6) is 0 Å². The first kappa shape index (κ1) is 13.8. The molecule has 0 aliphatic rings. The highest BCUT2D eigenvalue weighted by Crippen LogP contribution is 2.18. The van der Waals surface area contributed by atoms with Crippen molar-refractivity contribution in [3.8, 4) is 0 Å². The molecule has 0 spiro atoms. The van der Waals surface area contributed by atoms with E-state index >= 15 is 0 Å². The number of furan rings is 1. The lowest BCUT2D eigenvalue weighted by atomic mass is 10.2. The summed E-state index contributed by atoms with van der Waals surface area (Å²) in [5.41, 5.74) is 0.0418. The van der Waals surface area contributed by atoms with Crippen LogP contribution in [0, 0.1) is 12.7 Å². The maximum atomic E-state index is 13.6. The third-order valence-corrected chi connectivity index (χ3v) is 3.19. The molecule has 5 heteroatoms. The Hall–Kier alpha value is -1.62. The number of hydrogen-bond donors (Lipinski definition) is 0. The Labute approximate surface area is 119 Å². The highest BCUT2D eigenvalue weighted by Gasteiger charge is 2.17. The molecule has 1 amide bonds. The summed E-state index contributed by atoms with van der Waals surface area (Å²) < 4.78 is 19.7. The van der Waals surface area contributed by atoms with Crippen molar-refractivity contribution in [1.82, 2.24) is 4.90 Å². The van der Waals surface area contributed by atoms with Gasteiger partial charge in [0.2, 0.25) is 0 Å². The van der Waals surface area contributed by atoms with Gasteiger partial charge in [0, 0.05) is 11.5 Å². The third-order valence-electron chi connectivity index (χ3n) is 2.69. The summed E-state index contributed by atoms with van der Waals surface area (Å²) in [6, 6.07) is 7.93. The number of amides is 1. The van der Waals surface area contributed by atoms with E-state index in [1.165, 1.54) is 17.0 Å². The second kappa shape index (κ2) is 5.57. The van der Waals surface area contributed by atoms with Crippen molar-refractivity contribution in [1.29, 1.82) is 0 Å². The highest BCUT2D eigenvalue weighted by atomic mass is 79.9. The van der Waals surface area contributed by atoms with Crippen LogP contribution in [0.15, 0.2) is 39.2 Å². The van der Waals surface area contributed by atoms with Crippen molar-refractivity contribution in [2.45, 2.75) is 13.5 Å². The Morgan fingerprint density at radius 2 is 2.11 bits per heavy atom. The van der Waals surface area contributed by atoms with E-state index in [9.17, 15) is 9.18 Å². The summed E-state index contributed by atoms with van der Waals surface area (Å²) in [5.74, 6) is 0.539. The summed E-state index contributed by atoms with van der Waals surface area (Å²) in [7, 11) is 1.61. The van der Waals surface area contributed by atoms with Crippen molar-refractivity contribution in [3.05, 3.63) is 57.7 Å². The summed E-state index contributed by atoms with van der Waals surface area (Å²) >= 11 is 3.23. The molecule has 0 atom stereocenters. The lowest BCUT2D eigenvalue weighted by Gasteiger charge is -2.16. The fraction of sp³-hybridized carbons (Fsp3) is 0.214. The van der Waals surface area contributed by atoms with Crippen LogP contribution in [-0.4, -0.2) is 17.9 Å². The molecule has 0 unspecified atom stereocenters. The van der Waals surface area contributed by atoms with Crippen molar-refractivity contribution >= 4 is 21.8 Å². The van der Waals surface area contributed by atoms with E-state index in [-0.39, 0.29) is 11.5 Å². The Kier molecular flexibility index (Phi) is 4.04. The maximum absolute atomic E-state index is 13.6. The average molecular weight is 326 g/mol. The lowest BCUT2D eigenvalue weighted by Crippen LogP contribution is -2.26. The first-order valence-corrected chi connectivity index (χ1v) is 6.52. The number of rotatable bonds is 3. The van der Waals surface area contributed by atoms with E-state index in [0.29, 0.717) is 16.8 Å². The van der Waals surface area contributed by atoms with Crippen molar-refractivity contribution < 1.29 is 13.6 Å². The molecule has 0 radical (unpaired) electrons. The van der Waals surface area contributed by atoms with E-state index in [4.69, 9.17) is 4.42 Å². The van der Waals surface area contributed by atoms with Gasteiger partial charge >= 0.3 is 0 Å². The first-order chi connectivity index (χ1) is 8.97. The van der Waals surface area contributed by atoms with E-state index < -0.39 is 5.82 Å². The van der Waals surface area contributed by atoms with Gasteiger partial charge in [0.15, 0.2) is 0 Å². The van der Waals surface area contributed by atoms with Crippen LogP contribution in [0.1, 0.15) is 21.9 Å². The molecular formula is C14H13BrFNO2. The van der Waals surface area contributed by atoms with Crippen LogP contribution < -0.4 is 0 Å². The summed E-state index contributed by atoms with van der Waals surface area (Å²) in [6.45, 7) is 2.14. The second-order valence-electron chi connectivity index (χ2n) is 4.30. The molecule has 0 fully saturated rings. The minimum absolute atomic E-state index is 0.0418. The predicted octanol–water partition coefficient (Wildman–Crippen LogP) is 3.76. The van der Waals surface area contributed by atoms with Gasteiger partial charge < -0.3 is 9.32 Å². The number of benzene rings is 1. The molecule has 0 aliphatic heterocycles.